The van der Waals surface area contributed by atoms with E-state index in [4.69, 9.17) is 9.47 Å². The monoisotopic (exact) mass is 551 g/mol. The van der Waals surface area contributed by atoms with Gasteiger partial charge < -0.3 is 19.5 Å². The first-order valence-electron chi connectivity index (χ1n) is 13.0. The molecule has 4 atom stereocenters. The lowest BCUT2D eigenvalue weighted by Crippen LogP contribution is -2.44. The summed E-state index contributed by atoms with van der Waals surface area (Å²) in [6.45, 7) is 8.33. The van der Waals surface area contributed by atoms with Gasteiger partial charge in [0.05, 0.1) is 29.9 Å². The van der Waals surface area contributed by atoms with Crippen LogP contribution in [-0.4, -0.2) is 54.3 Å². The number of carboxylic acid groups (broad SMARTS) is 1. The smallest absolute Gasteiger partial charge is 0.431 e. The molecule has 0 spiro atoms. The zero-order valence-corrected chi connectivity index (χ0v) is 22.3. The number of halogens is 4. The van der Waals surface area contributed by atoms with Gasteiger partial charge in [0.25, 0.3) is 0 Å². The quantitative estimate of drug-likeness (QED) is 0.398. The standard InChI is InChI=1S/C28H33F4N3O4/c1-16(2)38-21-9-10-22(29)24(13-21)34-12-11-25(17(3)15-34)39-20-7-5-19(6-8-20)35-23(14-26(36)37)18(4)27(33-35)28(30,31)32/h5-10,13,16-18,23,25H,11-12,14-15H2,1-4H3,(H,36,37)/t17?,18-,23-,25?/m0/s1. The molecule has 2 aliphatic rings. The zero-order valence-electron chi connectivity index (χ0n) is 22.3. The van der Waals surface area contributed by atoms with E-state index in [2.05, 4.69) is 5.10 Å². The lowest BCUT2D eigenvalue weighted by molar-refractivity contribution is -0.137. The van der Waals surface area contributed by atoms with Gasteiger partial charge in [0.1, 0.15) is 29.1 Å². The molecule has 1 fully saturated rings. The highest BCUT2D eigenvalue weighted by Crippen LogP contribution is 2.37. The van der Waals surface area contributed by atoms with Crippen molar-refractivity contribution in [1.29, 1.82) is 0 Å². The molecule has 2 unspecified atom stereocenters. The second-order valence-electron chi connectivity index (χ2n) is 10.4. The second-order valence-corrected chi connectivity index (χ2v) is 10.4. The van der Waals surface area contributed by atoms with E-state index in [1.54, 1.807) is 36.4 Å². The summed E-state index contributed by atoms with van der Waals surface area (Å²) in [5.41, 5.74) is -0.161. The molecule has 1 saturated heterocycles. The summed E-state index contributed by atoms with van der Waals surface area (Å²) in [7, 11) is 0. The molecule has 212 valence electrons. The van der Waals surface area contributed by atoms with E-state index in [-0.39, 0.29) is 23.9 Å². The SMILES string of the molecule is CC(C)Oc1ccc(F)c(N2CCC(Oc3ccc(N4N=C(C(F)(F)F)[C@@H](C)[C@@H]4CC(=O)O)cc3)C(C)C2)c1. The predicted octanol–water partition coefficient (Wildman–Crippen LogP) is 6.12. The fourth-order valence-corrected chi connectivity index (χ4v) is 5.13. The molecule has 11 heteroatoms. The minimum Gasteiger partial charge on any atom is -0.491 e. The molecule has 4 rings (SSSR count). The number of carbonyl (C=O) groups is 1. The van der Waals surface area contributed by atoms with Crippen LogP contribution in [0.4, 0.5) is 28.9 Å². The Balaban J connectivity index is 1.43. The lowest BCUT2D eigenvalue weighted by Gasteiger charge is -2.38. The predicted molar refractivity (Wildman–Crippen MR) is 140 cm³/mol. The number of hydrazone groups is 1. The summed E-state index contributed by atoms with van der Waals surface area (Å²) in [5.74, 6) is -1.41. The van der Waals surface area contributed by atoms with Gasteiger partial charge in [0, 0.05) is 37.4 Å². The van der Waals surface area contributed by atoms with E-state index in [9.17, 15) is 27.5 Å². The van der Waals surface area contributed by atoms with Crippen molar-refractivity contribution in [3.63, 3.8) is 0 Å². The molecule has 2 aliphatic heterocycles. The molecule has 39 heavy (non-hydrogen) atoms. The number of rotatable bonds is 8. The van der Waals surface area contributed by atoms with Crippen molar-refractivity contribution in [2.24, 2.45) is 16.9 Å². The van der Waals surface area contributed by atoms with Crippen LogP contribution in [0, 0.1) is 17.7 Å². The average Bonchev–Trinajstić information content (AvgIpc) is 3.17. The summed E-state index contributed by atoms with van der Waals surface area (Å²) in [4.78, 5) is 13.3. The van der Waals surface area contributed by atoms with E-state index in [0.29, 0.717) is 42.4 Å². The van der Waals surface area contributed by atoms with E-state index in [1.807, 2.05) is 25.7 Å². The van der Waals surface area contributed by atoms with Crippen molar-refractivity contribution in [3.8, 4) is 11.5 Å². The van der Waals surface area contributed by atoms with Crippen molar-refractivity contribution in [2.45, 2.75) is 65.0 Å². The van der Waals surface area contributed by atoms with Crippen LogP contribution in [0.25, 0.3) is 0 Å². The Morgan fingerprint density at radius 3 is 2.38 bits per heavy atom. The van der Waals surface area contributed by atoms with Gasteiger partial charge in [-0.3, -0.25) is 9.80 Å². The van der Waals surface area contributed by atoms with Gasteiger partial charge in [-0.25, -0.2) is 4.39 Å². The molecule has 0 aliphatic carbocycles. The molecule has 0 saturated carbocycles. The van der Waals surface area contributed by atoms with Gasteiger partial charge in [-0.15, -0.1) is 0 Å². The summed E-state index contributed by atoms with van der Waals surface area (Å²) in [5, 5.41) is 14.1. The van der Waals surface area contributed by atoms with Crippen molar-refractivity contribution in [1.82, 2.24) is 0 Å². The third-order valence-corrected chi connectivity index (χ3v) is 7.06. The van der Waals surface area contributed by atoms with Gasteiger partial charge in [-0.05, 0) is 50.2 Å². The van der Waals surface area contributed by atoms with Gasteiger partial charge in [-0.1, -0.05) is 13.8 Å². The minimum atomic E-state index is -4.65. The van der Waals surface area contributed by atoms with Crippen molar-refractivity contribution < 1.29 is 36.9 Å². The fraction of sp³-hybridized carbons (Fsp3) is 0.500. The van der Waals surface area contributed by atoms with Gasteiger partial charge >= 0.3 is 12.1 Å². The molecule has 2 heterocycles. The first kappa shape index (κ1) is 28.5. The number of alkyl halides is 3. The topological polar surface area (TPSA) is 74.6 Å². The van der Waals surface area contributed by atoms with Crippen LogP contribution in [0.15, 0.2) is 47.6 Å². The summed E-state index contributed by atoms with van der Waals surface area (Å²) >= 11 is 0. The normalized spacial score (nSPS) is 23.7. The number of benzene rings is 2. The number of aliphatic carboxylic acids is 1. The van der Waals surface area contributed by atoms with Crippen LogP contribution in [0.2, 0.25) is 0 Å². The highest BCUT2D eigenvalue weighted by molar-refractivity contribution is 5.95. The first-order chi connectivity index (χ1) is 18.3. The molecule has 0 radical (unpaired) electrons. The number of hydrogen-bond donors (Lipinski definition) is 1. The Labute approximate surface area is 225 Å². The Morgan fingerprint density at radius 1 is 1.13 bits per heavy atom. The number of ether oxygens (including phenoxy) is 2. The average molecular weight is 552 g/mol. The second kappa shape index (κ2) is 11.3. The summed E-state index contributed by atoms with van der Waals surface area (Å²) in [6, 6.07) is 10.2. The van der Waals surface area contributed by atoms with Gasteiger partial charge in [-0.2, -0.15) is 18.3 Å². The maximum atomic E-state index is 14.6. The zero-order chi connectivity index (χ0) is 28.5. The third-order valence-electron chi connectivity index (χ3n) is 7.06. The van der Waals surface area contributed by atoms with Crippen molar-refractivity contribution in [2.75, 3.05) is 23.0 Å². The van der Waals surface area contributed by atoms with E-state index in [0.717, 1.165) is 5.01 Å². The number of carboxylic acids is 1. The summed E-state index contributed by atoms with van der Waals surface area (Å²) < 4.78 is 66.8. The maximum absolute atomic E-state index is 14.6. The maximum Gasteiger partial charge on any atom is 0.431 e. The van der Waals surface area contributed by atoms with E-state index < -0.39 is 36.2 Å². The number of nitrogens with zero attached hydrogens (tertiary/aromatic N) is 3. The molecule has 0 bridgehead atoms. The Hall–Kier alpha value is -3.50. The Bertz CT molecular complexity index is 1200. The third kappa shape index (κ3) is 6.57. The highest BCUT2D eigenvalue weighted by atomic mass is 19.4. The largest absolute Gasteiger partial charge is 0.491 e. The molecule has 2 aromatic carbocycles. The van der Waals surface area contributed by atoms with E-state index >= 15 is 0 Å². The molecule has 0 amide bonds. The van der Waals surface area contributed by atoms with Crippen LogP contribution < -0.4 is 19.4 Å². The summed E-state index contributed by atoms with van der Waals surface area (Å²) in [6.07, 6.45) is -4.66. The molecule has 7 nitrogen and oxygen atoms in total. The van der Waals surface area contributed by atoms with Gasteiger partial charge in [0.2, 0.25) is 0 Å². The highest BCUT2D eigenvalue weighted by Gasteiger charge is 2.48. The van der Waals surface area contributed by atoms with Crippen LogP contribution in [0.3, 0.4) is 0 Å². The molecular formula is C28H33F4N3O4. The lowest BCUT2D eigenvalue weighted by atomic mass is 9.94. The van der Waals surface area contributed by atoms with Crippen molar-refractivity contribution in [3.05, 3.63) is 48.3 Å². The molecule has 2 aromatic rings. The molecule has 0 aromatic heterocycles. The van der Waals surface area contributed by atoms with Crippen LogP contribution >= 0.6 is 0 Å². The van der Waals surface area contributed by atoms with Crippen molar-refractivity contribution >= 4 is 23.1 Å². The van der Waals surface area contributed by atoms with E-state index in [1.165, 1.54) is 13.0 Å². The molecule has 1 N–H and O–H groups in total. The minimum absolute atomic E-state index is 0.0248. The number of anilines is 2. The fourth-order valence-electron chi connectivity index (χ4n) is 5.13. The Kier molecular flexibility index (Phi) is 8.27. The van der Waals surface area contributed by atoms with Crippen LogP contribution in [0.5, 0.6) is 11.5 Å². The number of piperidine rings is 1. The number of hydrogen-bond acceptors (Lipinski definition) is 6. The van der Waals surface area contributed by atoms with Crippen LogP contribution in [-0.2, 0) is 4.79 Å². The van der Waals surface area contributed by atoms with Crippen LogP contribution in [0.1, 0.15) is 40.5 Å². The van der Waals surface area contributed by atoms with Gasteiger partial charge in [0.15, 0.2) is 0 Å². The molecular weight excluding hydrogens is 518 g/mol. The first-order valence-corrected chi connectivity index (χ1v) is 13.0. The Morgan fingerprint density at radius 2 is 1.79 bits per heavy atom.